The van der Waals surface area contributed by atoms with E-state index in [9.17, 15) is 5.11 Å². The monoisotopic (exact) mass is 192 g/mol. The summed E-state index contributed by atoms with van der Waals surface area (Å²) >= 11 is 0. The number of aryl methyl sites for hydroxylation is 2. The first-order valence-electron chi connectivity index (χ1n) is 5.33. The van der Waals surface area contributed by atoms with Crippen LogP contribution in [0.2, 0.25) is 0 Å². The highest BCUT2D eigenvalue weighted by molar-refractivity contribution is 5.34. The number of rotatable bonds is 3. The molecule has 0 aliphatic rings. The molecule has 0 aliphatic carbocycles. The van der Waals surface area contributed by atoms with Crippen LogP contribution < -0.4 is 0 Å². The van der Waals surface area contributed by atoms with Crippen LogP contribution in [0.5, 0.6) is 0 Å². The normalized spacial score (nSPS) is 11.8. The summed E-state index contributed by atoms with van der Waals surface area (Å²) in [6.07, 6.45) is 2.10. The van der Waals surface area contributed by atoms with Gasteiger partial charge in [0.1, 0.15) is 0 Å². The predicted octanol–water partition coefficient (Wildman–Crippen LogP) is 3.04. The highest BCUT2D eigenvalue weighted by Crippen LogP contribution is 2.23. The molecule has 1 aromatic carbocycles. The van der Waals surface area contributed by atoms with E-state index < -0.39 is 5.60 Å². The third-order valence-corrected chi connectivity index (χ3v) is 2.67. The lowest BCUT2D eigenvalue weighted by Gasteiger charge is -2.19. The van der Waals surface area contributed by atoms with E-state index >= 15 is 0 Å². The molecule has 0 atom stereocenters. The molecule has 0 spiro atoms. The van der Waals surface area contributed by atoms with Crippen molar-refractivity contribution in [2.75, 3.05) is 0 Å². The van der Waals surface area contributed by atoms with Crippen molar-refractivity contribution >= 4 is 0 Å². The van der Waals surface area contributed by atoms with Gasteiger partial charge in [0.2, 0.25) is 0 Å². The summed E-state index contributed by atoms with van der Waals surface area (Å²) in [7, 11) is 0. The van der Waals surface area contributed by atoms with E-state index in [0.29, 0.717) is 0 Å². The number of hydrogen-bond donors (Lipinski definition) is 1. The van der Waals surface area contributed by atoms with Crippen LogP contribution in [-0.2, 0) is 18.4 Å². The highest BCUT2D eigenvalue weighted by atomic mass is 16.3. The summed E-state index contributed by atoms with van der Waals surface area (Å²) in [5.74, 6) is 0. The molecule has 1 heteroatoms. The van der Waals surface area contributed by atoms with E-state index in [1.54, 1.807) is 0 Å². The Bertz CT molecular complexity index is 308. The lowest BCUT2D eigenvalue weighted by Crippen LogP contribution is -2.16. The van der Waals surface area contributed by atoms with E-state index in [0.717, 1.165) is 18.4 Å². The van der Waals surface area contributed by atoms with Crippen molar-refractivity contribution in [3.05, 3.63) is 34.9 Å². The molecule has 0 fully saturated rings. The zero-order chi connectivity index (χ0) is 10.8. The van der Waals surface area contributed by atoms with Gasteiger partial charge in [-0.3, -0.25) is 0 Å². The largest absolute Gasteiger partial charge is 0.386 e. The van der Waals surface area contributed by atoms with Crippen LogP contribution in [0, 0.1) is 0 Å². The predicted molar refractivity (Wildman–Crippen MR) is 60.4 cm³/mol. The standard InChI is InChI=1S/C13H20O/c1-5-10-7-8-12(13(3,4)14)9-11(10)6-2/h7-9,14H,5-6H2,1-4H3. The number of benzene rings is 1. The van der Waals surface area contributed by atoms with E-state index in [-0.39, 0.29) is 0 Å². The maximum absolute atomic E-state index is 9.87. The quantitative estimate of drug-likeness (QED) is 0.780. The Labute approximate surface area is 86.8 Å². The van der Waals surface area contributed by atoms with Gasteiger partial charge in [-0.1, -0.05) is 32.0 Å². The molecule has 0 unspecified atom stereocenters. The molecule has 1 aromatic rings. The summed E-state index contributed by atoms with van der Waals surface area (Å²) in [6, 6.07) is 6.28. The van der Waals surface area contributed by atoms with Gasteiger partial charge in [0.25, 0.3) is 0 Å². The summed E-state index contributed by atoms with van der Waals surface area (Å²) in [6.45, 7) is 7.97. The molecule has 0 amide bonds. The van der Waals surface area contributed by atoms with Crippen molar-refractivity contribution < 1.29 is 5.11 Å². The van der Waals surface area contributed by atoms with Crippen LogP contribution >= 0.6 is 0 Å². The fourth-order valence-corrected chi connectivity index (χ4v) is 1.68. The summed E-state index contributed by atoms with van der Waals surface area (Å²) < 4.78 is 0. The lowest BCUT2D eigenvalue weighted by atomic mass is 9.92. The summed E-state index contributed by atoms with van der Waals surface area (Å²) in [4.78, 5) is 0. The number of aliphatic hydroxyl groups is 1. The second kappa shape index (κ2) is 4.14. The van der Waals surface area contributed by atoms with Crippen molar-refractivity contribution in [3.8, 4) is 0 Å². The first kappa shape index (κ1) is 11.3. The molecular weight excluding hydrogens is 172 g/mol. The molecule has 0 saturated heterocycles. The third kappa shape index (κ3) is 2.36. The summed E-state index contributed by atoms with van der Waals surface area (Å²) in [5.41, 5.74) is 3.02. The van der Waals surface area contributed by atoms with E-state index in [4.69, 9.17) is 0 Å². The van der Waals surface area contributed by atoms with Crippen LogP contribution in [-0.4, -0.2) is 5.11 Å². The molecule has 0 aromatic heterocycles. The highest BCUT2D eigenvalue weighted by Gasteiger charge is 2.16. The first-order valence-corrected chi connectivity index (χ1v) is 5.33. The second-order valence-corrected chi connectivity index (χ2v) is 4.25. The zero-order valence-corrected chi connectivity index (χ0v) is 9.59. The fraction of sp³-hybridized carbons (Fsp3) is 0.538. The molecule has 1 nitrogen and oxygen atoms in total. The van der Waals surface area contributed by atoms with Crippen molar-refractivity contribution in [1.29, 1.82) is 0 Å². The molecule has 0 heterocycles. The smallest absolute Gasteiger partial charge is 0.0840 e. The molecular formula is C13H20O. The van der Waals surface area contributed by atoms with Gasteiger partial charge in [0.05, 0.1) is 5.60 Å². The van der Waals surface area contributed by atoms with Gasteiger partial charge in [-0.05, 0) is 43.4 Å². The molecule has 1 rings (SSSR count). The Hall–Kier alpha value is -0.820. The van der Waals surface area contributed by atoms with Crippen LogP contribution in [0.1, 0.15) is 44.4 Å². The number of hydrogen-bond acceptors (Lipinski definition) is 1. The Morgan fingerprint density at radius 1 is 1.07 bits per heavy atom. The van der Waals surface area contributed by atoms with Crippen LogP contribution in [0.25, 0.3) is 0 Å². The molecule has 14 heavy (non-hydrogen) atoms. The van der Waals surface area contributed by atoms with Crippen molar-refractivity contribution in [1.82, 2.24) is 0 Å². The van der Waals surface area contributed by atoms with E-state index in [2.05, 4.69) is 26.0 Å². The van der Waals surface area contributed by atoms with Crippen LogP contribution in [0.15, 0.2) is 18.2 Å². The van der Waals surface area contributed by atoms with Gasteiger partial charge in [-0.25, -0.2) is 0 Å². The van der Waals surface area contributed by atoms with E-state index in [1.807, 2.05) is 19.9 Å². The third-order valence-electron chi connectivity index (χ3n) is 2.67. The fourth-order valence-electron chi connectivity index (χ4n) is 1.68. The molecule has 0 saturated carbocycles. The summed E-state index contributed by atoms with van der Waals surface area (Å²) in [5, 5.41) is 9.87. The Balaban J connectivity index is 3.14. The molecule has 0 radical (unpaired) electrons. The second-order valence-electron chi connectivity index (χ2n) is 4.25. The van der Waals surface area contributed by atoms with Crippen LogP contribution in [0.3, 0.4) is 0 Å². The SMILES string of the molecule is CCc1ccc(C(C)(C)O)cc1CC. The van der Waals surface area contributed by atoms with Gasteiger partial charge in [0, 0.05) is 0 Å². The van der Waals surface area contributed by atoms with Gasteiger partial charge in [-0.2, -0.15) is 0 Å². The van der Waals surface area contributed by atoms with Gasteiger partial charge < -0.3 is 5.11 Å². The minimum absolute atomic E-state index is 0.726. The first-order chi connectivity index (χ1) is 6.49. The molecule has 0 aliphatic heterocycles. The van der Waals surface area contributed by atoms with Gasteiger partial charge >= 0.3 is 0 Å². The molecule has 0 bridgehead atoms. The topological polar surface area (TPSA) is 20.2 Å². The average molecular weight is 192 g/mol. The lowest BCUT2D eigenvalue weighted by molar-refractivity contribution is 0.0785. The Morgan fingerprint density at radius 3 is 2.07 bits per heavy atom. The Morgan fingerprint density at radius 2 is 1.64 bits per heavy atom. The molecule has 1 N–H and O–H groups in total. The molecule has 78 valence electrons. The van der Waals surface area contributed by atoms with E-state index in [1.165, 1.54) is 11.1 Å². The maximum Gasteiger partial charge on any atom is 0.0840 e. The minimum Gasteiger partial charge on any atom is -0.386 e. The minimum atomic E-state index is -0.726. The zero-order valence-electron chi connectivity index (χ0n) is 9.59. The van der Waals surface area contributed by atoms with Crippen LogP contribution in [0.4, 0.5) is 0 Å². The van der Waals surface area contributed by atoms with Gasteiger partial charge in [-0.15, -0.1) is 0 Å². The average Bonchev–Trinajstić information content (AvgIpc) is 2.15. The maximum atomic E-state index is 9.87. The van der Waals surface area contributed by atoms with Crippen molar-refractivity contribution in [2.24, 2.45) is 0 Å². The van der Waals surface area contributed by atoms with Crippen molar-refractivity contribution in [3.63, 3.8) is 0 Å². The van der Waals surface area contributed by atoms with Gasteiger partial charge in [0.15, 0.2) is 0 Å². The van der Waals surface area contributed by atoms with Crippen molar-refractivity contribution in [2.45, 2.75) is 46.1 Å². The Kier molecular flexibility index (Phi) is 3.33.